The lowest BCUT2D eigenvalue weighted by atomic mass is 9.64. The zero-order chi connectivity index (χ0) is 14.3. The molecule has 4 N–H and O–H groups in total. The van der Waals surface area contributed by atoms with E-state index in [-0.39, 0.29) is 10.9 Å². The summed E-state index contributed by atoms with van der Waals surface area (Å²) in [6.07, 6.45) is 0. The Balaban J connectivity index is 2.42. The van der Waals surface area contributed by atoms with Gasteiger partial charge in [0.15, 0.2) is 0 Å². The molecule has 3 aromatic rings. The summed E-state index contributed by atoms with van der Waals surface area (Å²) in [6, 6.07) is 14.7. The van der Waals surface area contributed by atoms with Crippen molar-refractivity contribution in [1.29, 1.82) is 0 Å². The standard InChI is InChI=1S/C14H12B2O4/c17-15(18)13-6-5-11-7-9-3-1-2-4-10(9)8-12(11)14(13)16(19)20/h1-8,17-20H. The molecule has 0 saturated heterocycles. The van der Waals surface area contributed by atoms with Crippen LogP contribution in [0.3, 0.4) is 0 Å². The number of hydrogen-bond acceptors (Lipinski definition) is 4. The maximum Gasteiger partial charge on any atom is 0.488 e. The highest BCUT2D eigenvalue weighted by Crippen LogP contribution is 2.21. The predicted octanol–water partition coefficient (Wildman–Crippen LogP) is -0.647. The van der Waals surface area contributed by atoms with E-state index in [9.17, 15) is 20.1 Å². The average molecular weight is 266 g/mol. The summed E-state index contributed by atoms with van der Waals surface area (Å²) in [6.45, 7) is 0. The summed E-state index contributed by atoms with van der Waals surface area (Å²) in [4.78, 5) is 0. The van der Waals surface area contributed by atoms with Crippen molar-refractivity contribution < 1.29 is 20.1 Å². The van der Waals surface area contributed by atoms with E-state index in [0.29, 0.717) is 5.39 Å². The highest BCUT2D eigenvalue weighted by Gasteiger charge is 2.25. The molecule has 0 saturated carbocycles. The lowest BCUT2D eigenvalue weighted by Crippen LogP contribution is -2.49. The van der Waals surface area contributed by atoms with Crippen LogP contribution in [-0.2, 0) is 0 Å². The van der Waals surface area contributed by atoms with Crippen LogP contribution in [0.15, 0.2) is 48.5 Å². The molecule has 0 aliphatic heterocycles. The van der Waals surface area contributed by atoms with Crippen LogP contribution < -0.4 is 10.9 Å². The molecule has 0 bridgehead atoms. The fraction of sp³-hybridized carbons (Fsp3) is 0. The van der Waals surface area contributed by atoms with Gasteiger partial charge in [0.2, 0.25) is 0 Å². The number of benzene rings is 3. The molecule has 3 aromatic carbocycles. The SMILES string of the molecule is OB(O)c1ccc2cc3ccccc3cc2c1B(O)O. The van der Waals surface area contributed by atoms with Crippen molar-refractivity contribution in [3.63, 3.8) is 0 Å². The van der Waals surface area contributed by atoms with Gasteiger partial charge in [-0.3, -0.25) is 0 Å². The van der Waals surface area contributed by atoms with Crippen molar-refractivity contribution in [1.82, 2.24) is 0 Å². The summed E-state index contributed by atoms with van der Waals surface area (Å²) in [5.41, 5.74) is 0.228. The van der Waals surface area contributed by atoms with Crippen LogP contribution in [0.5, 0.6) is 0 Å². The van der Waals surface area contributed by atoms with Gasteiger partial charge in [0.05, 0.1) is 0 Å². The van der Waals surface area contributed by atoms with E-state index in [1.165, 1.54) is 6.07 Å². The molecule has 0 fully saturated rings. The van der Waals surface area contributed by atoms with Gasteiger partial charge in [0.25, 0.3) is 0 Å². The first-order valence-electron chi connectivity index (χ1n) is 6.25. The second kappa shape index (κ2) is 4.92. The molecule has 3 rings (SSSR count). The molecule has 6 heteroatoms. The Morgan fingerprint density at radius 2 is 1.30 bits per heavy atom. The second-order valence-electron chi connectivity index (χ2n) is 4.74. The summed E-state index contributed by atoms with van der Waals surface area (Å²) in [7, 11) is -3.51. The number of rotatable bonds is 2. The normalized spacial score (nSPS) is 11.0. The lowest BCUT2D eigenvalue weighted by Gasteiger charge is -2.13. The molecule has 4 nitrogen and oxygen atoms in total. The Morgan fingerprint density at radius 3 is 1.90 bits per heavy atom. The molecule has 0 aliphatic carbocycles. The maximum absolute atomic E-state index is 9.56. The van der Waals surface area contributed by atoms with E-state index in [1.807, 2.05) is 36.4 Å². The molecular formula is C14H12B2O4. The van der Waals surface area contributed by atoms with E-state index in [0.717, 1.165) is 16.2 Å². The molecule has 0 aromatic heterocycles. The molecule has 0 heterocycles. The molecule has 0 atom stereocenters. The predicted molar refractivity (Wildman–Crippen MR) is 81.1 cm³/mol. The molecule has 98 valence electrons. The van der Waals surface area contributed by atoms with Crippen molar-refractivity contribution in [2.24, 2.45) is 0 Å². The molecule has 0 spiro atoms. The topological polar surface area (TPSA) is 80.9 Å². The third-order valence-corrected chi connectivity index (χ3v) is 3.50. The van der Waals surface area contributed by atoms with Gasteiger partial charge in [-0.05, 0) is 44.6 Å². The molecule has 0 amide bonds. The van der Waals surface area contributed by atoms with Crippen molar-refractivity contribution in [3.8, 4) is 0 Å². The van der Waals surface area contributed by atoms with Crippen LogP contribution in [0, 0.1) is 0 Å². The summed E-state index contributed by atoms with van der Waals surface area (Å²) in [5.74, 6) is 0. The average Bonchev–Trinajstić information content (AvgIpc) is 2.43. The Morgan fingerprint density at radius 1 is 0.650 bits per heavy atom. The van der Waals surface area contributed by atoms with Crippen molar-refractivity contribution >= 4 is 46.7 Å². The smallest absolute Gasteiger partial charge is 0.423 e. The summed E-state index contributed by atoms with van der Waals surface area (Å²) in [5, 5.41) is 41.2. The van der Waals surface area contributed by atoms with E-state index in [1.54, 1.807) is 6.07 Å². The highest BCUT2D eigenvalue weighted by molar-refractivity contribution is 6.73. The van der Waals surface area contributed by atoms with Crippen molar-refractivity contribution in [2.45, 2.75) is 0 Å². The quantitative estimate of drug-likeness (QED) is 0.367. The van der Waals surface area contributed by atoms with Gasteiger partial charge in [0, 0.05) is 0 Å². The first-order chi connectivity index (χ1) is 9.58. The maximum atomic E-state index is 9.56. The zero-order valence-corrected chi connectivity index (χ0v) is 10.6. The Labute approximate surface area is 116 Å². The number of hydrogen-bond donors (Lipinski definition) is 4. The van der Waals surface area contributed by atoms with Gasteiger partial charge < -0.3 is 20.1 Å². The van der Waals surface area contributed by atoms with Crippen LogP contribution in [0.4, 0.5) is 0 Å². The molecule has 20 heavy (non-hydrogen) atoms. The first kappa shape index (κ1) is 13.1. The van der Waals surface area contributed by atoms with Crippen LogP contribution in [0.2, 0.25) is 0 Å². The third kappa shape index (κ3) is 2.09. The summed E-state index contributed by atoms with van der Waals surface area (Å²) < 4.78 is 0. The van der Waals surface area contributed by atoms with E-state index in [4.69, 9.17) is 0 Å². The molecule has 0 unspecified atom stereocenters. The molecule has 0 aliphatic rings. The Bertz CT molecular complexity index is 787. The van der Waals surface area contributed by atoms with Gasteiger partial charge in [0.1, 0.15) is 0 Å². The fourth-order valence-electron chi connectivity index (χ4n) is 2.57. The van der Waals surface area contributed by atoms with Gasteiger partial charge in [-0.1, -0.05) is 36.4 Å². The largest absolute Gasteiger partial charge is 0.488 e. The second-order valence-corrected chi connectivity index (χ2v) is 4.74. The van der Waals surface area contributed by atoms with Crippen LogP contribution in [0.1, 0.15) is 0 Å². The molecular weight excluding hydrogens is 254 g/mol. The van der Waals surface area contributed by atoms with Crippen LogP contribution >= 0.6 is 0 Å². The van der Waals surface area contributed by atoms with Gasteiger partial charge in [-0.2, -0.15) is 0 Å². The monoisotopic (exact) mass is 266 g/mol. The van der Waals surface area contributed by atoms with E-state index >= 15 is 0 Å². The Kier molecular flexibility index (Phi) is 3.23. The third-order valence-electron chi connectivity index (χ3n) is 3.50. The van der Waals surface area contributed by atoms with Crippen molar-refractivity contribution in [2.75, 3.05) is 0 Å². The van der Waals surface area contributed by atoms with Crippen LogP contribution in [-0.4, -0.2) is 34.3 Å². The van der Waals surface area contributed by atoms with Crippen LogP contribution in [0.25, 0.3) is 21.5 Å². The minimum Gasteiger partial charge on any atom is -0.423 e. The number of fused-ring (bicyclic) bond motifs is 2. The lowest BCUT2D eigenvalue weighted by molar-refractivity contribution is 0.419. The van der Waals surface area contributed by atoms with Gasteiger partial charge in [-0.25, -0.2) is 0 Å². The fourth-order valence-corrected chi connectivity index (χ4v) is 2.57. The minimum absolute atomic E-state index is 0.0998. The summed E-state index contributed by atoms with van der Waals surface area (Å²) >= 11 is 0. The zero-order valence-electron chi connectivity index (χ0n) is 10.6. The minimum atomic E-state index is -1.77. The first-order valence-corrected chi connectivity index (χ1v) is 6.25. The highest BCUT2D eigenvalue weighted by atomic mass is 16.4. The van der Waals surface area contributed by atoms with E-state index in [2.05, 4.69) is 0 Å². The van der Waals surface area contributed by atoms with Gasteiger partial charge in [-0.15, -0.1) is 0 Å². The molecule has 0 radical (unpaired) electrons. The van der Waals surface area contributed by atoms with E-state index < -0.39 is 14.2 Å². The Hall–Kier alpha value is -1.85. The van der Waals surface area contributed by atoms with Gasteiger partial charge >= 0.3 is 14.2 Å². The van der Waals surface area contributed by atoms with Crippen molar-refractivity contribution in [3.05, 3.63) is 48.5 Å².